The molecule has 0 saturated heterocycles. The van der Waals surface area contributed by atoms with Crippen molar-refractivity contribution in [2.24, 2.45) is 5.10 Å². The maximum atomic E-state index is 13.2. The third-order valence-corrected chi connectivity index (χ3v) is 6.63. The van der Waals surface area contributed by atoms with E-state index >= 15 is 0 Å². The number of esters is 1. The molecular weight excluding hydrogens is 704 g/mol. The van der Waals surface area contributed by atoms with Gasteiger partial charge in [-0.05, 0) is 87.5 Å². The topological polar surface area (TPSA) is 82.8 Å². The van der Waals surface area contributed by atoms with Crippen LogP contribution in [-0.2, 0) is 16.0 Å². The van der Waals surface area contributed by atoms with Gasteiger partial charge in [-0.2, -0.15) is 9.78 Å². The molecule has 0 saturated carbocycles. The van der Waals surface area contributed by atoms with Crippen LogP contribution in [0.25, 0.3) is 10.9 Å². The molecule has 0 atom stereocenters. The highest BCUT2D eigenvalue weighted by Gasteiger charge is 2.13. The molecule has 0 spiro atoms. The van der Waals surface area contributed by atoms with Crippen LogP contribution in [0.3, 0.4) is 0 Å². The average Bonchev–Trinajstić information content (AvgIpc) is 2.76. The normalized spacial score (nSPS) is 11.3. The minimum absolute atomic E-state index is 0.162. The van der Waals surface area contributed by atoms with E-state index in [0.29, 0.717) is 28.9 Å². The van der Waals surface area contributed by atoms with Crippen LogP contribution in [0.15, 0.2) is 44.7 Å². The van der Waals surface area contributed by atoms with Gasteiger partial charge < -0.3 is 9.47 Å². The number of hydrogen-bond donors (Lipinski definition) is 0. The number of aromatic nitrogens is 2. The van der Waals surface area contributed by atoms with Crippen LogP contribution in [0.1, 0.15) is 31.2 Å². The molecule has 0 radical (unpaired) electrons. The van der Waals surface area contributed by atoms with Crippen LogP contribution in [0.4, 0.5) is 0 Å². The van der Waals surface area contributed by atoms with E-state index in [-0.39, 0.29) is 12.2 Å². The number of aryl methyl sites for hydroxylation is 1. The van der Waals surface area contributed by atoms with Crippen molar-refractivity contribution in [3.63, 3.8) is 0 Å². The number of hydrogen-bond acceptors (Lipinski definition) is 6. The maximum Gasteiger partial charge on any atom is 0.343 e. The van der Waals surface area contributed by atoms with Crippen molar-refractivity contribution >= 4 is 84.2 Å². The van der Waals surface area contributed by atoms with Gasteiger partial charge in [0.25, 0.3) is 5.56 Å². The Morgan fingerprint density at radius 3 is 2.62 bits per heavy atom. The largest absolute Gasteiger partial charge is 0.480 e. The first-order chi connectivity index (χ1) is 15.3. The summed E-state index contributed by atoms with van der Waals surface area (Å²) in [7, 11) is 1.32. The molecule has 0 bridgehead atoms. The van der Waals surface area contributed by atoms with Crippen molar-refractivity contribution < 1.29 is 14.3 Å². The fourth-order valence-electron chi connectivity index (χ4n) is 2.92. The van der Waals surface area contributed by atoms with E-state index in [9.17, 15) is 9.59 Å². The van der Waals surface area contributed by atoms with Crippen LogP contribution >= 0.6 is 61.1 Å². The van der Waals surface area contributed by atoms with Crippen LogP contribution < -0.4 is 10.3 Å². The van der Waals surface area contributed by atoms with Crippen LogP contribution in [0.2, 0.25) is 0 Å². The van der Waals surface area contributed by atoms with E-state index in [0.717, 1.165) is 30.0 Å². The lowest BCUT2D eigenvalue weighted by Crippen LogP contribution is -2.22. The number of carbonyl (C=O) groups excluding carboxylic acids is 1. The summed E-state index contributed by atoms with van der Waals surface area (Å²) in [6.45, 7) is 1.93. The van der Waals surface area contributed by atoms with Gasteiger partial charge in [0.2, 0.25) is 0 Å². The van der Waals surface area contributed by atoms with Gasteiger partial charge in [-0.15, -0.1) is 0 Å². The van der Waals surface area contributed by atoms with E-state index in [1.807, 2.05) is 24.3 Å². The lowest BCUT2D eigenvalue weighted by Gasteiger charge is -2.11. The molecular formula is C22H20BrI2N3O4. The molecule has 0 amide bonds. The molecule has 3 aromatic rings. The monoisotopic (exact) mass is 723 g/mol. The minimum Gasteiger partial charge on any atom is -0.480 e. The summed E-state index contributed by atoms with van der Waals surface area (Å²) in [5.74, 6) is 0.786. The summed E-state index contributed by atoms with van der Waals surface area (Å²) in [4.78, 5) is 29.2. The van der Waals surface area contributed by atoms with Crippen molar-refractivity contribution in [2.45, 2.75) is 26.2 Å². The maximum absolute atomic E-state index is 13.2. The van der Waals surface area contributed by atoms with Crippen molar-refractivity contribution in [3.05, 3.63) is 63.7 Å². The lowest BCUT2D eigenvalue weighted by atomic mass is 10.2. The Kier molecular flexibility index (Phi) is 9.05. The Bertz CT molecular complexity index is 1220. The predicted octanol–water partition coefficient (Wildman–Crippen LogP) is 5.14. The SMILES string of the molecule is CCCCc1nc2ccc(Br)cc2c(=O)n1N=Cc1cc(I)c(OCC(=O)OC)c(I)c1. The summed E-state index contributed by atoms with van der Waals surface area (Å²) < 4.78 is 14.0. The quantitative estimate of drug-likeness (QED) is 0.183. The van der Waals surface area contributed by atoms with Gasteiger partial charge in [-0.3, -0.25) is 4.79 Å². The molecule has 0 aliphatic rings. The van der Waals surface area contributed by atoms with Crippen LogP contribution in [0, 0.1) is 7.14 Å². The zero-order valence-electron chi connectivity index (χ0n) is 17.4. The summed E-state index contributed by atoms with van der Waals surface area (Å²) in [5, 5.41) is 4.99. The molecule has 10 heteroatoms. The number of ether oxygens (including phenoxy) is 2. The number of benzene rings is 2. The Morgan fingerprint density at radius 1 is 1.25 bits per heavy atom. The zero-order chi connectivity index (χ0) is 23.3. The Hall–Kier alpha value is -1.54. The summed E-state index contributed by atoms with van der Waals surface area (Å²) in [5.41, 5.74) is 1.25. The molecule has 168 valence electrons. The van der Waals surface area contributed by atoms with Gasteiger partial charge in [-0.1, -0.05) is 29.3 Å². The van der Waals surface area contributed by atoms with Crippen molar-refractivity contribution in [3.8, 4) is 5.75 Å². The molecule has 0 N–H and O–H groups in total. The molecule has 1 aromatic heterocycles. The van der Waals surface area contributed by atoms with E-state index in [2.05, 4.69) is 82.9 Å². The smallest absolute Gasteiger partial charge is 0.343 e. The second-order valence-corrected chi connectivity index (χ2v) is 10.1. The number of fused-ring (bicyclic) bond motifs is 1. The van der Waals surface area contributed by atoms with Crippen molar-refractivity contribution in [2.75, 3.05) is 13.7 Å². The van der Waals surface area contributed by atoms with Crippen molar-refractivity contribution in [1.29, 1.82) is 0 Å². The molecule has 0 aliphatic carbocycles. The Morgan fingerprint density at radius 2 is 1.97 bits per heavy atom. The predicted molar refractivity (Wildman–Crippen MR) is 145 cm³/mol. The highest BCUT2D eigenvalue weighted by atomic mass is 127. The summed E-state index contributed by atoms with van der Waals surface area (Å²) >= 11 is 7.70. The van der Waals surface area contributed by atoms with Crippen LogP contribution in [0.5, 0.6) is 5.75 Å². The molecule has 0 aliphatic heterocycles. The highest BCUT2D eigenvalue weighted by molar-refractivity contribution is 14.1. The minimum atomic E-state index is -0.448. The second-order valence-electron chi connectivity index (χ2n) is 6.83. The molecule has 0 fully saturated rings. The first-order valence-electron chi connectivity index (χ1n) is 9.78. The van der Waals surface area contributed by atoms with Crippen molar-refractivity contribution in [1.82, 2.24) is 9.66 Å². The summed E-state index contributed by atoms with van der Waals surface area (Å²) in [6, 6.07) is 9.22. The molecule has 32 heavy (non-hydrogen) atoms. The van der Waals surface area contributed by atoms with E-state index in [1.165, 1.54) is 11.8 Å². The van der Waals surface area contributed by atoms with Gasteiger partial charge in [0, 0.05) is 10.9 Å². The number of rotatable bonds is 8. The average molecular weight is 724 g/mol. The third-order valence-electron chi connectivity index (χ3n) is 4.53. The van der Waals surface area contributed by atoms with E-state index < -0.39 is 5.97 Å². The number of unbranched alkanes of at least 4 members (excludes halogenated alkanes) is 1. The highest BCUT2D eigenvalue weighted by Crippen LogP contribution is 2.28. The van der Waals surface area contributed by atoms with Gasteiger partial charge in [-0.25, -0.2) is 9.78 Å². The van der Waals surface area contributed by atoms with E-state index in [4.69, 9.17) is 4.74 Å². The summed E-state index contributed by atoms with van der Waals surface area (Å²) in [6.07, 6.45) is 4.19. The van der Waals surface area contributed by atoms with Crippen LogP contribution in [-0.4, -0.2) is 35.6 Å². The first-order valence-corrected chi connectivity index (χ1v) is 12.7. The number of methoxy groups -OCH3 is 1. The molecule has 0 unspecified atom stereocenters. The zero-order valence-corrected chi connectivity index (χ0v) is 23.3. The van der Waals surface area contributed by atoms with Gasteiger partial charge in [0.05, 0.1) is 31.4 Å². The van der Waals surface area contributed by atoms with E-state index in [1.54, 1.807) is 12.3 Å². The van der Waals surface area contributed by atoms with Gasteiger partial charge >= 0.3 is 5.97 Å². The Labute approximate surface area is 221 Å². The fraction of sp³-hybridized carbons (Fsp3) is 0.273. The molecule has 3 rings (SSSR count). The van der Waals surface area contributed by atoms with Gasteiger partial charge in [0.15, 0.2) is 6.61 Å². The lowest BCUT2D eigenvalue weighted by molar-refractivity contribution is -0.142. The molecule has 7 nitrogen and oxygen atoms in total. The molecule has 2 aromatic carbocycles. The Balaban J connectivity index is 1.99. The van der Waals surface area contributed by atoms with Gasteiger partial charge in [0.1, 0.15) is 11.6 Å². The number of halogens is 3. The third kappa shape index (κ3) is 6.07. The fourth-order valence-corrected chi connectivity index (χ4v) is 5.41. The standard InChI is InChI=1S/C22H20BrI2N3O4/c1-3-4-5-19-27-18-7-6-14(23)10-15(18)22(30)28(19)26-11-13-8-16(24)21(17(25)9-13)32-12-20(29)31-2/h6-11H,3-5,12H2,1-2H3. The molecule has 1 heterocycles. The number of carbonyl (C=O) groups is 1. The first kappa shape index (κ1) is 25.1. The number of nitrogens with zero attached hydrogens (tertiary/aromatic N) is 3. The second kappa shape index (κ2) is 11.5.